The lowest BCUT2D eigenvalue weighted by Gasteiger charge is -2.08. The van der Waals surface area contributed by atoms with E-state index in [2.05, 4.69) is 4.72 Å². The smallest absolute Gasteiger partial charge is 0.241 e. The lowest BCUT2D eigenvalue weighted by atomic mass is 10.2. The van der Waals surface area contributed by atoms with E-state index in [0.717, 1.165) is 12.1 Å². The summed E-state index contributed by atoms with van der Waals surface area (Å²) in [6, 6.07) is 9.94. The molecule has 0 saturated carbocycles. The molecule has 0 aliphatic heterocycles. The molecular weight excluding hydrogens is 303 g/mol. The molecule has 106 valence electrons. The van der Waals surface area contributed by atoms with E-state index in [9.17, 15) is 12.8 Å². The minimum atomic E-state index is -3.83. The summed E-state index contributed by atoms with van der Waals surface area (Å²) < 4.78 is 39.6. The number of anilines is 1. The Balaban J connectivity index is 2.19. The van der Waals surface area contributed by atoms with Crippen LogP contribution in [-0.4, -0.2) is 8.42 Å². The number of halogens is 2. The minimum Gasteiger partial charge on any atom is -0.399 e. The highest BCUT2D eigenvalue weighted by Gasteiger charge is 2.15. The topological polar surface area (TPSA) is 72.2 Å². The minimum absolute atomic E-state index is 0.0492. The number of rotatable bonds is 4. The first kappa shape index (κ1) is 14.8. The summed E-state index contributed by atoms with van der Waals surface area (Å²) in [5.74, 6) is -0.701. The summed E-state index contributed by atoms with van der Waals surface area (Å²) in [6.45, 7) is 0.0549. The molecule has 0 aliphatic rings. The molecule has 0 aromatic heterocycles. The number of sulfonamides is 1. The quantitative estimate of drug-likeness (QED) is 0.852. The predicted molar refractivity (Wildman–Crippen MR) is 76.3 cm³/mol. The van der Waals surface area contributed by atoms with Crippen molar-refractivity contribution in [3.8, 4) is 0 Å². The van der Waals surface area contributed by atoms with Crippen LogP contribution in [0.1, 0.15) is 5.56 Å². The average Bonchev–Trinajstić information content (AvgIpc) is 2.35. The van der Waals surface area contributed by atoms with Gasteiger partial charge in [0.1, 0.15) is 5.82 Å². The summed E-state index contributed by atoms with van der Waals surface area (Å²) >= 11 is 5.81. The first-order valence-corrected chi connectivity index (χ1v) is 7.53. The van der Waals surface area contributed by atoms with Crippen LogP contribution in [0.2, 0.25) is 5.02 Å². The van der Waals surface area contributed by atoms with Crippen molar-refractivity contribution in [1.29, 1.82) is 0 Å². The van der Waals surface area contributed by atoms with Crippen LogP contribution in [-0.2, 0) is 16.6 Å². The molecule has 0 fully saturated rings. The van der Waals surface area contributed by atoms with Crippen molar-refractivity contribution in [2.45, 2.75) is 11.4 Å². The van der Waals surface area contributed by atoms with Gasteiger partial charge in [-0.2, -0.15) is 0 Å². The monoisotopic (exact) mass is 314 g/mol. The Morgan fingerprint density at radius 1 is 1.20 bits per heavy atom. The van der Waals surface area contributed by atoms with Gasteiger partial charge < -0.3 is 5.73 Å². The van der Waals surface area contributed by atoms with Crippen molar-refractivity contribution >= 4 is 27.3 Å². The number of nitrogen functional groups attached to an aromatic ring is 1. The normalized spacial score (nSPS) is 11.5. The SMILES string of the molecule is Nc1cc(F)cc(S(=O)(=O)NCc2cccc(Cl)c2)c1. The van der Waals surface area contributed by atoms with Gasteiger partial charge in [0, 0.05) is 17.3 Å². The van der Waals surface area contributed by atoms with Crippen LogP contribution < -0.4 is 10.5 Å². The van der Waals surface area contributed by atoms with Crippen LogP contribution in [0.3, 0.4) is 0 Å². The van der Waals surface area contributed by atoms with Crippen molar-refractivity contribution in [3.63, 3.8) is 0 Å². The van der Waals surface area contributed by atoms with Crippen molar-refractivity contribution in [3.05, 3.63) is 58.9 Å². The lowest BCUT2D eigenvalue weighted by molar-refractivity contribution is 0.577. The standard InChI is InChI=1S/C13H12ClFN2O2S/c14-10-3-1-2-9(4-10)8-17-20(18,19)13-6-11(15)5-12(16)7-13/h1-7,17H,8,16H2. The van der Waals surface area contributed by atoms with Gasteiger partial charge in [-0.3, -0.25) is 0 Å². The van der Waals surface area contributed by atoms with E-state index in [-0.39, 0.29) is 17.1 Å². The maximum atomic E-state index is 13.2. The largest absolute Gasteiger partial charge is 0.399 e. The zero-order valence-electron chi connectivity index (χ0n) is 10.3. The van der Waals surface area contributed by atoms with Gasteiger partial charge in [0.25, 0.3) is 0 Å². The fraction of sp³-hybridized carbons (Fsp3) is 0.0769. The number of nitrogens with two attached hydrogens (primary N) is 1. The Bertz CT molecular complexity index is 715. The molecule has 2 rings (SSSR count). The molecule has 3 N–H and O–H groups in total. The molecule has 0 amide bonds. The van der Waals surface area contributed by atoms with Crippen LogP contribution in [0.5, 0.6) is 0 Å². The van der Waals surface area contributed by atoms with Crippen molar-refractivity contribution < 1.29 is 12.8 Å². The number of benzene rings is 2. The van der Waals surface area contributed by atoms with Crippen molar-refractivity contribution in [1.82, 2.24) is 4.72 Å². The Labute approximate surface area is 121 Å². The molecule has 0 atom stereocenters. The second-order valence-electron chi connectivity index (χ2n) is 4.17. The molecule has 0 heterocycles. The highest BCUT2D eigenvalue weighted by atomic mass is 35.5. The Hall–Kier alpha value is -1.63. The fourth-order valence-corrected chi connectivity index (χ4v) is 2.94. The Morgan fingerprint density at radius 2 is 1.95 bits per heavy atom. The molecule has 0 bridgehead atoms. The van der Waals surface area contributed by atoms with Gasteiger partial charge in [0.15, 0.2) is 0 Å². The second-order valence-corrected chi connectivity index (χ2v) is 6.38. The molecule has 0 spiro atoms. The molecule has 20 heavy (non-hydrogen) atoms. The summed E-state index contributed by atoms with van der Waals surface area (Å²) in [6.07, 6.45) is 0. The fourth-order valence-electron chi connectivity index (χ4n) is 1.65. The molecule has 2 aromatic rings. The molecule has 0 unspecified atom stereocenters. The lowest BCUT2D eigenvalue weighted by Crippen LogP contribution is -2.23. The molecule has 0 saturated heterocycles. The number of nitrogens with one attached hydrogen (secondary N) is 1. The van der Waals surface area contributed by atoms with E-state index in [4.69, 9.17) is 17.3 Å². The second kappa shape index (κ2) is 5.78. The van der Waals surface area contributed by atoms with Crippen LogP contribution in [0.15, 0.2) is 47.4 Å². The van der Waals surface area contributed by atoms with E-state index in [1.54, 1.807) is 24.3 Å². The van der Waals surface area contributed by atoms with E-state index in [1.807, 2.05) is 0 Å². The molecule has 7 heteroatoms. The van der Waals surface area contributed by atoms with E-state index in [0.29, 0.717) is 10.6 Å². The van der Waals surface area contributed by atoms with Crippen LogP contribution in [0.25, 0.3) is 0 Å². The first-order chi connectivity index (χ1) is 9.37. The zero-order valence-corrected chi connectivity index (χ0v) is 11.9. The first-order valence-electron chi connectivity index (χ1n) is 5.67. The van der Waals surface area contributed by atoms with Gasteiger partial charge in [0.2, 0.25) is 10.0 Å². The zero-order chi connectivity index (χ0) is 14.8. The van der Waals surface area contributed by atoms with Crippen molar-refractivity contribution in [2.75, 3.05) is 5.73 Å². The Morgan fingerprint density at radius 3 is 2.60 bits per heavy atom. The van der Waals surface area contributed by atoms with Crippen LogP contribution in [0.4, 0.5) is 10.1 Å². The van der Waals surface area contributed by atoms with Gasteiger partial charge in [-0.25, -0.2) is 17.5 Å². The average molecular weight is 315 g/mol. The summed E-state index contributed by atoms with van der Waals surface area (Å²) in [5, 5.41) is 0.511. The van der Waals surface area contributed by atoms with E-state index >= 15 is 0 Å². The third kappa shape index (κ3) is 3.69. The molecular formula is C13H12ClFN2O2S. The van der Waals surface area contributed by atoms with Crippen LogP contribution in [0, 0.1) is 5.82 Å². The third-order valence-electron chi connectivity index (χ3n) is 2.56. The van der Waals surface area contributed by atoms with Crippen LogP contribution >= 0.6 is 11.6 Å². The third-order valence-corrected chi connectivity index (χ3v) is 4.18. The van der Waals surface area contributed by atoms with E-state index in [1.165, 1.54) is 6.07 Å². The van der Waals surface area contributed by atoms with Crippen molar-refractivity contribution in [2.24, 2.45) is 0 Å². The van der Waals surface area contributed by atoms with E-state index < -0.39 is 15.8 Å². The highest BCUT2D eigenvalue weighted by Crippen LogP contribution is 2.16. The Kier molecular flexibility index (Phi) is 4.27. The summed E-state index contributed by atoms with van der Waals surface area (Å²) in [7, 11) is -3.83. The van der Waals surface area contributed by atoms with Gasteiger partial charge in [0.05, 0.1) is 4.90 Å². The number of hydrogen-bond acceptors (Lipinski definition) is 3. The maximum Gasteiger partial charge on any atom is 0.241 e. The summed E-state index contributed by atoms with van der Waals surface area (Å²) in [5.41, 5.74) is 6.18. The predicted octanol–water partition coefficient (Wildman–Crippen LogP) is 2.54. The van der Waals surface area contributed by atoms with Gasteiger partial charge in [-0.05, 0) is 35.9 Å². The van der Waals surface area contributed by atoms with Gasteiger partial charge in [-0.1, -0.05) is 23.7 Å². The molecule has 0 aliphatic carbocycles. The van der Waals surface area contributed by atoms with Gasteiger partial charge >= 0.3 is 0 Å². The molecule has 4 nitrogen and oxygen atoms in total. The number of hydrogen-bond donors (Lipinski definition) is 2. The maximum absolute atomic E-state index is 13.2. The highest BCUT2D eigenvalue weighted by molar-refractivity contribution is 7.89. The molecule has 2 aromatic carbocycles. The molecule has 0 radical (unpaired) electrons. The van der Waals surface area contributed by atoms with Gasteiger partial charge in [-0.15, -0.1) is 0 Å². The summed E-state index contributed by atoms with van der Waals surface area (Å²) in [4.78, 5) is -0.211.